The normalized spacial score (nSPS) is 22.8. The van der Waals surface area contributed by atoms with E-state index in [-0.39, 0.29) is 16.7 Å². The van der Waals surface area contributed by atoms with Gasteiger partial charge < -0.3 is 14.4 Å². The van der Waals surface area contributed by atoms with Gasteiger partial charge in [-0.15, -0.1) is 0 Å². The van der Waals surface area contributed by atoms with Crippen LogP contribution in [0.5, 0.6) is 0 Å². The highest BCUT2D eigenvalue weighted by Gasteiger charge is 2.25. The van der Waals surface area contributed by atoms with Crippen LogP contribution in [0.1, 0.15) is 12.8 Å². The van der Waals surface area contributed by atoms with E-state index in [1.54, 1.807) is 12.0 Å². The first-order valence-electron chi connectivity index (χ1n) is 5.61. The van der Waals surface area contributed by atoms with Crippen LogP contribution in [-0.4, -0.2) is 56.2 Å². The van der Waals surface area contributed by atoms with Crippen molar-refractivity contribution in [2.24, 2.45) is 5.92 Å². The van der Waals surface area contributed by atoms with Crippen LogP contribution >= 0.6 is 15.9 Å². The maximum Gasteiger partial charge on any atom is 0.227 e. The zero-order valence-corrected chi connectivity index (χ0v) is 11.5. The van der Waals surface area contributed by atoms with E-state index in [9.17, 15) is 4.79 Å². The highest BCUT2D eigenvalue weighted by atomic mass is 79.9. The number of rotatable bonds is 5. The van der Waals surface area contributed by atoms with E-state index in [2.05, 4.69) is 15.9 Å². The summed E-state index contributed by atoms with van der Waals surface area (Å²) in [5.74, 6) is 0.223. The van der Waals surface area contributed by atoms with Gasteiger partial charge in [-0.2, -0.15) is 0 Å². The summed E-state index contributed by atoms with van der Waals surface area (Å²) in [5, 5.41) is 0. The van der Waals surface area contributed by atoms with Crippen molar-refractivity contribution < 1.29 is 14.3 Å². The molecule has 1 aliphatic rings. The molecule has 1 saturated heterocycles. The number of nitrogens with zero attached hydrogens (tertiary/aromatic N) is 1. The fourth-order valence-corrected chi connectivity index (χ4v) is 2.57. The molecule has 2 unspecified atom stereocenters. The van der Waals surface area contributed by atoms with Crippen molar-refractivity contribution >= 4 is 21.8 Å². The smallest absolute Gasteiger partial charge is 0.227 e. The lowest BCUT2D eigenvalue weighted by molar-refractivity contribution is -0.138. The molecule has 1 heterocycles. The maximum atomic E-state index is 12.0. The van der Waals surface area contributed by atoms with E-state index >= 15 is 0 Å². The number of hydrogen-bond donors (Lipinski definition) is 0. The fourth-order valence-electron chi connectivity index (χ4n) is 1.87. The number of ether oxygens (including phenoxy) is 2. The molecule has 1 aliphatic heterocycles. The zero-order chi connectivity index (χ0) is 12.0. The van der Waals surface area contributed by atoms with Crippen molar-refractivity contribution in [1.29, 1.82) is 0 Å². The number of amides is 1. The van der Waals surface area contributed by atoms with Crippen LogP contribution in [0.4, 0.5) is 0 Å². The number of carbonyl (C=O) groups excluding carboxylic acids is 1. The van der Waals surface area contributed by atoms with Gasteiger partial charge in [-0.25, -0.2) is 0 Å². The lowest BCUT2D eigenvalue weighted by Gasteiger charge is -2.27. The van der Waals surface area contributed by atoms with Gasteiger partial charge in [0.05, 0.1) is 24.0 Å². The Morgan fingerprint density at radius 1 is 1.69 bits per heavy atom. The average Bonchev–Trinajstić information content (AvgIpc) is 2.29. The minimum absolute atomic E-state index is 0.0426. The summed E-state index contributed by atoms with van der Waals surface area (Å²) in [5.41, 5.74) is 0. The Morgan fingerprint density at radius 2 is 2.44 bits per heavy atom. The molecular formula is C11H20BrNO3. The number of hydrogen-bond acceptors (Lipinski definition) is 3. The number of carbonyl (C=O) groups is 1. The summed E-state index contributed by atoms with van der Waals surface area (Å²) in [6.45, 7) is 2.64. The Hall–Kier alpha value is -0.130. The predicted octanol–water partition coefficient (Wildman–Crippen LogP) is 1.28. The average molecular weight is 294 g/mol. The molecule has 0 N–H and O–H groups in total. The third-order valence-electron chi connectivity index (χ3n) is 2.71. The van der Waals surface area contributed by atoms with Gasteiger partial charge in [-0.3, -0.25) is 4.79 Å². The molecule has 0 aromatic heterocycles. The van der Waals surface area contributed by atoms with Crippen LogP contribution < -0.4 is 0 Å². The molecule has 16 heavy (non-hydrogen) atoms. The number of halogens is 1. The molecule has 1 amide bonds. The third kappa shape index (κ3) is 4.39. The predicted molar refractivity (Wildman–Crippen MR) is 65.8 cm³/mol. The quantitative estimate of drug-likeness (QED) is 0.717. The van der Waals surface area contributed by atoms with Crippen LogP contribution in [0, 0.1) is 5.92 Å². The minimum atomic E-state index is 0.0426. The molecule has 0 radical (unpaired) electrons. The van der Waals surface area contributed by atoms with Crippen molar-refractivity contribution in [2.45, 2.75) is 17.7 Å². The van der Waals surface area contributed by atoms with Gasteiger partial charge in [0.25, 0.3) is 0 Å². The molecule has 0 spiro atoms. The second-order valence-electron chi connectivity index (χ2n) is 4.19. The molecule has 0 bridgehead atoms. The summed E-state index contributed by atoms with van der Waals surface area (Å²) in [7, 11) is 3.49. The van der Waals surface area contributed by atoms with E-state index in [1.165, 1.54) is 0 Å². The second kappa shape index (κ2) is 7.25. The number of alkyl halides is 1. The highest BCUT2D eigenvalue weighted by molar-refractivity contribution is 9.09. The lowest BCUT2D eigenvalue weighted by Crippen LogP contribution is -2.40. The first-order chi connectivity index (χ1) is 7.65. The first-order valence-corrected chi connectivity index (χ1v) is 6.52. The molecule has 5 heteroatoms. The Bertz CT molecular complexity index is 219. The minimum Gasteiger partial charge on any atom is -0.383 e. The summed E-state index contributed by atoms with van der Waals surface area (Å²) in [6, 6.07) is 0. The zero-order valence-electron chi connectivity index (χ0n) is 9.95. The fraction of sp³-hybridized carbons (Fsp3) is 0.909. The Morgan fingerprint density at radius 3 is 3.00 bits per heavy atom. The molecule has 0 aromatic carbocycles. The molecule has 0 aromatic rings. The first kappa shape index (κ1) is 13.9. The van der Waals surface area contributed by atoms with E-state index in [0.717, 1.165) is 19.4 Å². The van der Waals surface area contributed by atoms with Crippen LogP contribution in [0.15, 0.2) is 0 Å². The summed E-state index contributed by atoms with van der Waals surface area (Å²) < 4.78 is 10.3. The van der Waals surface area contributed by atoms with E-state index < -0.39 is 0 Å². The molecule has 0 saturated carbocycles. The molecule has 4 nitrogen and oxygen atoms in total. The van der Waals surface area contributed by atoms with Crippen molar-refractivity contribution in [3.63, 3.8) is 0 Å². The summed E-state index contributed by atoms with van der Waals surface area (Å²) in [6.07, 6.45) is 1.93. The second-order valence-corrected chi connectivity index (χ2v) is 5.48. The molecule has 0 aliphatic carbocycles. The van der Waals surface area contributed by atoms with Crippen molar-refractivity contribution in [2.75, 3.05) is 40.5 Å². The van der Waals surface area contributed by atoms with Gasteiger partial charge in [-0.1, -0.05) is 15.9 Å². The SMILES string of the molecule is COCC(Br)CN(C)C(=O)C1CCCOC1. The van der Waals surface area contributed by atoms with Crippen molar-refractivity contribution in [3.8, 4) is 0 Å². The Balaban J connectivity index is 2.34. The monoisotopic (exact) mass is 293 g/mol. The van der Waals surface area contributed by atoms with Crippen LogP contribution in [0.2, 0.25) is 0 Å². The lowest BCUT2D eigenvalue weighted by atomic mass is 10.0. The Kier molecular flexibility index (Phi) is 6.31. The largest absolute Gasteiger partial charge is 0.383 e. The van der Waals surface area contributed by atoms with E-state index in [1.807, 2.05) is 7.05 Å². The van der Waals surface area contributed by atoms with Gasteiger partial charge in [0, 0.05) is 27.3 Å². The molecule has 1 rings (SSSR count). The van der Waals surface area contributed by atoms with Gasteiger partial charge in [0.2, 0.25) is 5.91 Å². The topological polar surface area (TPSA) is 38.8 Å². The summed E-state index contributed by atoms with van der Waals surface area (Å²) in [4.78, 5) is 14.0. The summed E-state index contributed by atoms with van der Waals surface area (Å²) >= 11 is 3.48. The van der Waals surface area contributed by atoms with E-state index in [0.29, 0.717) is 19.8 Å². The molecule has 2 atom stereocenters. The van der Waals surface area contributed by atoms with Gasteiger partial charge >= 0.3 is 0 Å². The molecule has 94 valence electrons. The third-order valence-corrected chi connectivity index (χ3v) is 3.26. The molecule has 1 fully saturated rings. The highest BCUT2D eigenvalue weighted by Crippen LogP contribution is 2.16. The van der Waals surface area contributed by atoms with Crippen LogP contribution in [0.25, 0.3) is 0 Å². The van der Waals surface area contributed by atoms with Gasteiger partial charge in [-0.05, 0) is 12.8 Å². The molecular weight excluding hydrogens is 274 g/mol. The maximum absolute atomic E-state index is 12.0. The van der Waals surface area contributed by atoms with Crippen molar-refractivity contribution in [3.05, 3.63) is 0 Å². The van der Waals surface area contributed by atoms with Gasteiger partial charge in [0.1, 0.15) is 0 Å². The number of methoxy groups -OCH3 is 1. The standard InChI is InChI=1S/C11H20BrNO3/c1-13(6-10(12)8-15-2)11(14)9-4-3-5-16-7-9/h9-10H,3-8H2,1-2H3. The van der Waals surface area contributed by atoms with E-state index in [4.69, 9.17) is 9.47 Å². The van der Waals surface area contributed by atoms with Crippen LogP contribution in [-0.2, 0) is 14.3 Å². The van der Waals surface area contributed by atoms with Gasteiger partial charge in [0.15, 0.2) is 0 Å². The Labute approximate surface area is 105 Å². The van der Waals surface area contributed by atoms with Crippen LogP contribution in [0.3, 0.4) is 0 Å². The van der Waals surface area contributed by atoms with Crippen molar-refractivity contribution in [1.82, 2.24) is 4.90 Å².